The van der Waals surface area contributed by atoms with Gasteiger partial charge in [0.25, 0.3) is 0 Å². The largest absolute Gasteiger partial charge is 0.326 e. The molecule has 0 bridgehead atoms. The van der Waals surface area contributed by atoms with E-state index in [2.05, 4.69) is 17.6 Å². The summed E-state index contributed by atoms with van der Waals surface area (Å²) in [5.41, 5.74) is 1.37. The van der Waals surface area contributed by atoms with Gasteiger partial charge >= 0.3 is 0 Å². The van der Waals surface area contributed by atoms with Crippen LogP contribution in [0.3, 0.4) is 0 Å². The molecule has 98 valence electrons. The van der Waals surface area contributed by atoms with Crippen molar-refractivity contribution >= 4 is 17.4 Å². The van der Waals surface area contributed by atoms with E-state index in [0.717, 1.165) is 18.7 Å². The standard InChI is InChI=1S/C14H20N2O2/c1-3-9-15-10-8-14(18)16-13-6-4-12(5-7-13)11(2)17/h4-7,15H,3,8-10H2,1-2H3,(H,16,18). The van der Waals surface area contributed by atoms with E-state index in [4.69, 9.17) is 0 Å². The number of hydrogen-bond acceptors (Lipinski definition) is 3. The van der Waals surface area contributed by atoms with Crippen LogP contribution in [0.25, 0.3) is 0 Å². The van der Waals surface area contributed by atoms with Gasteiger partial charge < -0.3 is 10.6 Å². The first-order chi connectivity index (χ1) is 8.63. The van der Waals surface area contributed by atoms with Gasteiger partial charge in [-0.05, 0) is 44.2 Å². The predicted molar refractivity (Wildman–Crippen MR) is 72.9 cm³/mol. The van der Waals surface area contributed by atoms with Crippen molar-refractivity contribution < 1.29 is 9.59 Å². The Balaban J connectivity index is 2.37. The van der Waals surface area contributed by atoms with Crippen LogP contribution in [0.15, 0.2) is 24.3 Å². The minimum Gasteiger partial charge on any atom is -0.326 e. The molecule has 1 rings (SSSR count). The maximum Gasteiger partial charge on any atom is 0.225 e. The number of rotatable bonds is 7. The van der Waals surface area contributed by atoms with Crippen molar-refractivity contribution in [2.75, 3.05) is 18.4 Å². The molecule has 0 aliphatic rings. The highest BCUT2D eigenvalue weighted by atomic mass is 16.1. The number of carbonyl (C=O) groups is 2. The highest BCUT2D eigenvalue weighted by Gasteiger charge is 2.03. The van der Waals surface area contributed by atoms with Gasteiger partial charge in [0.2, 0.25) is 5.91 Å². The van der Waals surface area contributed by atoms with Gasteiger partial charge in [-0.1, -0.05) is 6.92 Å². The zero-order valence-electron chi connectivity index (χ0n) is 11.0. The van der Waals surface area contributed by atoms with Gasteiger partial charge in [0.15, 0.2) is 5.78 Å². The molecule has 0 radical (unpaired) electrons. The van der Waals surface area contributed by atoms with Crippen LogP contribution in [0.1, 0.15) is 37.0 Å². The van der Waals surface area contributed by atoms with Crippen molar-refractivity contribution in [2.45, 2.75) is 26.7 Å². The Bertz CT molecular complexity index is 399. The van der Waals surface area contributed by atoms with Crippen molar-refractivity contribution in [3.63, 3.8) is 0 Å². The molecule has 0 heterocycles. The number of hydrogen-bond donors (Lipinski definition) is 2. The number of anilines is 1. The van der Waals surface area contributed by atoms with Crippen LogP contribution >= 0.6 is 0 Å². The number of benzene rings is 1. The lowest BCUT2D eigenvalue weighted by Crippen LogP contribution is -2.22. The van der Waals surface area contributed by atoms with Crippen LogP contribution in [0, 0.1) is 0 Å². The number of nitrogens with one attached hydrogen (secondary N) is 2. The summed E-state index contributed by atoms with van der Waals surface area (Å²) in [6, 6.07) is 6.92. The monoisotopic (exact) mass is 248 g/mol. The lowest BCUT2D eigenvalue weighted by atomic mass is 10.1. The van der Waals surface area contributed by atoms with Gasteiger partial charge in [-0.15, -0.1) is 0 Å². The first-order valence-electron chi connectivity index (χ1n) is 6.25. The normalized spacial score (nSPS) is 10.1. The van der Waals surface area contributed by atoms with Crippen molar-refractivity contribution in [3.8, 4) is 0 Å². The van der Waals surface area contributed by atoms with Crippen LogP contribution in [-0.4, -0.2) is 24.8 Å². The summed E-state index contributed by atoms with van der Waals surface area (Å²) in [4.78, 5) is 22.7. The Labute approximate surface area is 108 Å². The van der Waals surface area contributed by atoms with Crippen LogP contribution < -0.4 is 10.6 Å². The van der Waals surface area contributed by atoms with Crippen molar-refractivity contribution in [3.05, 3.63) is 29.8 Å². The van der Waals surface area contributed by atoms with Crippen LogP contribution in [0.5, 0.6) is 0 Å². The fourth-order valence-electron chi connectivity index (χ4n) is 1.52. The zero-order chi connectivity index (χ0) is 13.4. The first-order valence-corrected chi connectivity index (χ1v) is 6.25. The predicted octanol–water partition coefficient (Wildman–Crippen LogP) is 2.22. The molecule has 18 heavy (non-hydrogen) atoms. The SMILES string of the molecule is CCCNCCC(=O)Nc1ccc(C(C)=O)cc1. The molecular formula is C14H20N2O2. The summed E-state index contributed by atoms with van der Waals surface area (Å²) < 4.78 is 0. The lowest BCUT2D eigenvalue weighted by molar-refractivity contribution is -0.116. The molecule has 2 N–H and O–H groups in total. The molecule has 0 atom stereocenters. The van der Waals surface area contributed by atoms with Gasteiger partial charge in [0, 0.05) is 24.2 Å². The van der Waals surface area contributed by atoms with Gasteiger partial charge in [0.05, 0.1) is 0 Å². The number of ketones is 1. The average Bonchev–Trinajstić information content (AvgIpc) is 2.35. The summed E-state index contributed by atoms with van der Waals surface area (Å²) in [6.45, 7) is 5.22. The molecule has 1 aromatic carbocycles. The van der Waals surface area contributed by atoms with Crippen molar-refractivity contribution in [1.82, 2.24) is 5.32 Å². The van der Waals surface area contributed by atoms with Gasteiger partial charge in [-0.25, -0.2) is 0 Å². The van der Waals surface area contributed by atoms with Gasteiger partial charge in [-0.2, -0.15) is 0 Å². The Morgan fingerprint density at radius 2 is 1.78 bits per heavy atom. The smallest absolute Gasteiger partial charge is 0.225 e. The molecule has 4 nitrogen and oxygen atoms in total. The minimum absolute atomic E-state index is 0.0193. The number of carbonyl (C=O) groups excluding carboxylic acids is 2. The molecule has 0 aromatic heterocycles. The quantitative estimate of drug-likeness (QED) is 0.574. The molecule has 0 aliphatic carbocycles. The van der Waals surface area contributed by atoms with Gasteiger partial charge in [0.1, 0.15) is 0 Å². The van der Waals surface area contributed by atoms with Crippen LogP contribution in [0.2, 0.25) is 0 Å². The first kappa shape index (κ1) is 14.4. The average molecular weight is 248 g/mol. The maximum absolute atomic E-state index is 11.6. The second-order valence-electron chi connectivity index (χ2n) is 4.18. The van der Waals surface area contributed by atoms with E-state index in [1.807, 2.05) is 0 Å². The summed E-state index contributed by atoms with van der Waals surface area (Å²) in [7, 11) is 0. The third kappa shape index (κ3) is 5.10. The molecule has 1 amide bonds. The molecule has 4 heteroatoms. The molecule has 0 aliphatic heterocycles. The second kappa shape index (κ2) is 7.61. The van der Waals surface area contributed by atoms with Crippen molar-refractivity contribution in [2.24, 2.45) is 0 Å². The Hall–Kier alpha value is -1.68. The highest BCUT2D eigenvalue weighted by Crippen LogP contribution is 2.10. The number of Topliss-reactive ketones (excluding diaryl/α,β-unsaturated/α-hetero) is 1. The minimum atomic E-state index is -0.0193. The summed E-state index contributed by atoms with van der Waals surface area (Å²) in [5, 5.41) is 5.97. The van der Waals surface area contributed by atoms with E-state index >= 15 is 0 Å². The second-order valence-corrected chi connectivity index (χ2v) is 4.18. The van der Waals surface area contributed by atoms with Crippen molar-refractivity contribution in [1.29, 1.82) is 0 Å². The van der Waals surface area contributed by atoms with Crippen LogP contribution in [0.4, 0.5) is 5.69 Å². The summed E-state index contributed by atoms with van der Waals surface area (Å²) in [6.07, 6.45) is 1.52. The molecule has 0 unspecified atom stereocenters. The van der Waals surface area contributed by atoms with E-state index in [-0.39, 0.29) is 11.7 Å². The molecular weight excluding hydrogens is 228 g/mol. The fraction of sp³-hybridized carbons (Fsp3) is 0.429. The molecule has 1 aromatic rings. The van der Waals surface area contributed by atoms with E-state index in [9.17, 15) is 9.59 Å². The third-order valence-corrected chi connectivity index (χ3v) is 2.53. The third-order valence-electron chi connectivity index (χ3n) is 2.53. The zero-order valence-corrected chi connectivity index (χ0v) is 11.0. The van der Waals surface area contributed by atoms with E-state index in [1.54, 1.807) is 24.3 Å². The topological polar surface area (TPSA) is 58.2 Å². The van der Waals surface area contributed by atoms with Gasteiger partial charge in [-0.3, -0.25) is 9.59 Å². The van der Waals surface area contributed by atoms with E-state index in [0.29, 0.717) is 18.5 Å². The maximum atomic E-state index is 11.6. The molecule has 0 spiro atoms. The lowest BCUT2D eigenvalue weighted by Gasteiger charge is -2.06. The molecule has 0 fully saturated rings. The summed E-state index contributed by atoms with van der Waals surface area (Å²) >= 11 is 0. The Morgan fingerprint density at radius 3 is 2.33 bits per heavy atom. The molecule has 0 saturated carbocycles. The summed E-state index contributed by atoms with van der Waals surface area (Å²) in [5.74, 6) is 0.00539. The fourth-order valence-corrected chi connectivity index (χ4v) is 1.52. The Kier molecular flexibility index (Phi) is 6.08. The van der Waals surface area contributed by atoms with Crippen LogP contribution in [-0.2, 0) is 4.79 Å². The highest BCUT2D eigenvalue weighted by molar-refractivity contribution is 5.95. The Morgan fingerprint density at radius 1 is 1.11 bits per heavy atom. The van der Waals surface area contributed by atoms with E-state index in [1.165, 1.54) is 6.92 Å². The molecule has 0 saturated heterocycles. The van der Waals surface area contributed by atoms with E-state index < -0.39 is 0 Å². The number of amides is 1.